The minimum absolute atomic E-state index is 0.612. The van der Waals surface area contributed by atoms with Crippen LogP contribution in [-0.2, 0) is 0 Å². The molecule has 20 heavy (non-hydrogen) atoms. The Kier molecular flexibility index (Phi) is 9.28. The summed E-state index contributed by atoms with van der Waals surface area (Å²) in [6.07, 6.45) is 13.9. The third kappa shape index (κ3) is 6.85. The number of unbranched alkanes of at least 4 members (excludes halogenated alkanes) is 1. The Morgan fingerprint density at radius 1 is 1.25 bits per heavy atom. The lowest BCUT2D eigenvalue weighted by Gasteiger charge is -2.41. The second-order valence-electron chi connectivity index (χ2n) is 7.35. The van der Waals surface area contributed by atoms with Crippen LogP contribution in [0.25, 0.3) is 0 Å². The van der Waals surface area contributed by atoms with Gasteiger partial charge in [-0.15, -0.1) is 0 Å². The smallest absolute Gasteiger partial charge is 0.000822 e. The summed E-state index contributed by atoms with van der Waals surface area (Å²) in [6.45, 7) is 9.38. The Bertz CT molecular complexity index is 232. The predicted octanol–water partition coefficient (Wildman–Crippen LogP) is 5.35. The molecule has 0 radical (unpaired) electrons. The summed E-state index contributed by atoms with van der Waals surface area (Å²) in [5.41, 5.74) is 0.612. The largest absolute Gasteiger partial charge is 0.316 e. The van der Waals surface area contributed by atoms with Crippen LogP contribution in [0.4, 0.5) is 0 Å². The molecule has 0 aliphatic heterocycles. The minimum Gasteiger partial charge on any atom is -0.316 e. The van der Waals surface area contributed by atoms with Gasteiger partial charge >= 0.3 is 0 Å². The molecule has 0 aromatic heterocycles. The van der Waals surface area contributed by atoms with Gasteiger partial charge in [0.2, 0.25) is 0 Å². The summed E-state index contributed by atoms with van der Waals surface area (Å²) in [5, 5.41) is 3.75. The number of hydrogen-bond acceptors (Lipinski definition) is 2. The Labute approximate surface area is 132 Å². The number of rotatable bonds is 10. The lowest BCUT2D eigenvalue weighted by Crippen LogP contribution is -2.39. The standard InChI is InChI=1S/C18H37NS/c1-5-6-7-17-8-10-18(11-9-17,12-13-20-4)15-19-14-16(2)3/h16-17,19H,5-15H2,1-4H3. The quantitative estimate of drug-likeness (QED) is 0.583. The zero-order valence-electron chi connectivity index (χ0n) is 14.3. The Morgan fingerprint density at radius 2 is 1.95 bits per heavy atom. The summed E-state index contributed by atoms with van der Waals surface area (Å²) in [7, 11) is 0. The second kappa shape index (κ2) is 10.1. The molecular formula is C18H37NS. The summed E-state index contributed by atoms with van der Waals surface area (Å²) in [4.78, 5) is 0. The van der Waals surface area contributed by atoms with Gasteiger partial charge in [0.15, 0.2) is 0 Å². The van der Waals surface area contributed by atoms with Crippen molar-refractivity contribution in [3.05, 3.63) is 0 Å². The van der Waals surface area contributed by atoms with Crippen LogP contribution in [0.2, 0.25) is 0 Å². The summed E-state index contributed by atoms with van der Waals surface area (Å²) >= 11 is 2.02. The predicted molar refractivity (Wildman–Crippen MR) is 94.6 cm³/mol. The molecule has 0 aromatic carbocycles. The van der Waals surface area contributed by atoms with Crippen molar-refractivity contribution in [2.24, 2.45) is 17.3 Å². The van der Waals surface area contributed by atoms with Crippen LogP contribution in [0.15, 0.2) is 0 Å². The van der Waals surface area contributed by atoms with Crippen molar-refractivity contribution >= 4 is 11.8 Å². The Hall–Kier alpha value is 0.310. The van der Waals surface area contributed by atoms with E-state index in [1.807, 2.05) is 11.8 Å². The lowest BCUT2D eigenvalue weighted by atomic mass is 9.68. The van der Waals surface area contributed by atoms with Crippen molar-refractivity contribution in [1.82, 2.24) is 5.32 Å². The normalized spacial score (nSPS) is 27.1. The van der Waals surface area contributed by atoms with E-state index in [1.165, 1.54) is 70.2 Å². The summed E-state index contributed by atoms with van der Waals surface area (Å²) in [6, 6.07) is 0. The molecule has 1 N–H and O–H groups in total. The average Bonchev–Trinajstić information content (AvgIpc) is 2.44. The maximum absolute atomic E-state index is 3.75. The Balaban J connectivity index is 2.40. The molecule has 1 aliphatic rings. The Morgan fingerprint density at radius 3 is 2.50 bits per heavy atom. The van der Waals surface area contributed by atoms with Crippen LogP contribution < -0.4 is 5.32 Å². The summed E-state index contributed by atoms with van der Waals surface area (Å²) < 4.78 is 0. The molecular weight excluding hydrogens is 262 g/mol. The van der Waals surface area contributed by atoms with Crippen LogP contribution in [0.5, 0.6) is 0 Å². The zero-order chi connectivity index (χ0) is 14.8. The number of hydrogen-bond donors (Lipinski definition) is 1. The number of nitrogens with one attached hydrogen (secondary N) is 1. The van der Waals surface area contributed by atoms with Gasteiger partial charge in [0.25, 0.3) is 0 Å². The average molecular weight is 300 g/mol. The molecule has 0 bridgehead atoms. The van der Waals surface area contributed by atoms with Crippen molar-refractivity contribution in [3.8, 4) is 0 Å². The van der Waals surface area contributed by atoms with Gasteiger partial charge in [0.1, 0.15) is 0 Å². The van der Waals surface area contributed by atoms with Gasteiger partial charge in [-0.2, -0.15) is 11.8 Å². The van der Waals surface area contributed by atoms with Crippen molar-refractivity contribution in [2.75, 3.05) is 25.1 Å². The second-order valence-corrected chi connectivity index (χ2v) is 8.34. The molecule has 1 fully saturated rings. The van der Waals surface area contributed by atoms with Crippen LogP contribution in [0, 0.1) is 17.3 Å². The van der Waals surface area contributed by atoms with Crippen LogP contribution in [-0.4, -0.2) is 25.1 Å². The van der Waals surface area contributed by atoms with Crippen LogP contribution >= 0.6 is 11.8 Å². The van der Waals surface area contributed by atoms with Crippen molar-refractivity contribution < 1.29 is 0 Å². The fourth-order valence-electron chi connectivity index (χ4n) is 3.53. The third-order valence-corrected chi connectivity index (χ3v) is 5.63. The molecule has 0 amide bonds. The monoisotopic (exact) mass is 299 g/mol. The molecule has 1 saturated carbocycles. The molecule has 1 rings (SSSR count). The van der Waals surface area contributed by atoms with E-state index in [4.69, 9.17) is 0 Å². The van der Waals surface area contributed by atoms with E-state index in [9.17, 15) is 0 Å². The van der Waals surface area contributed by atoms with E-state index in [1.54, 1.807) is 0 Å². The molecule has 1 nitrogen and oxygen atoms in total. The fraction of sp³-hybridized carbons (Fsp3) is 1.00. The van der Waals surface area contributed by atoms with E-state index in [2.05, 4.69) is 32.3 Å². The first-order valence-electron chi connectivity index (χ1n) is 8.81. The molecule has 0 atom stereocenters. The molecule has 0 aromatic rings. The molecule has 0 heterocycles. The zero-order valence-corrected chi connectivity index (χ0v) is 15.2. The first-order valence-corrected chi connectivity index (χ1v) is 10.2. The highest BCUT2D eigenvalue weighted by atomic mass is 32.2. The van der Waals surface area contributed by atoms with Gasteiger partial charge in [-0.25, -0.2) is 0 Å². The first-order chi connectivity index (χ1) is 9.62. The molecule has 0 unspecified atom stereocenters. The maximum Gasteiger partial charge on any atom is 0.000822 e. The molecule has 1 aliphatic carbocycles. The van der Waals surface area contributed by atoms with Crippen molar-refractivity contribution in [3.63, 3.8) is 0 Å². The first kappa shape index (κ1) is 18.4. The van der Waals surface area contributed by atoms with Gasteiger partial charge in [-0.3, -0.25) is 0 Å². The van der Waals surface area contributed by atoms with Gasteiger partial charge in [0, 0.05) is 6.54 Å². The topological polar surface area (TPSA) is 12.0 Å². The SMILES string of the molecule is CCCCC1CCC(CCSC)(CNCC(C)C)CC1. The maximum atomic E-state index is 3.75. The van der Waals surface area contributed by atoms with Gasteiger partial charge < -0.3 is 5.32 Å². The van der Waals surface area contributed by atoms with E-state index in [-0.39, 0.29) is 0 Å². The van der Waals surface area contributed by atoms with Gasteiger partial charge in [-0.05, 0) is 67.9 Å². The fourth-order valence-corrected chi connectivity index (χ4v) is 4.17. The van der Waals surface area contributed by atoms with Crippen molar-refractivity contribution in [1.29, 1.82) is 0 Å². The van der Waals surface area contributed by atoms with Crippen molar-refractivity contribution in [2.45, 2.75) is 72.1 Å². The van der Waals surface area contributed by atoms with Gasteiger partial charge in [0.05, 0.1) is 0 Å². The number of thioether (sulfide) groups is 1. The molecule has 0 spiro atoms. The van der Waals surface area contributed by atoms with E-state index in [0.717, 1.165) is 11.8 Å². The lowest BCUT2D eigenvalue weighted by molar-refractivity contribution is 0.134. The molecule has 0 saturated heterocycles. The highest BCUT2D eigenvalue weighted by Crippen LogP contribution is 2.43. The minimum atomic E-state index is 0.612. The highest BCUT2D eigenvalue weighted by molar-refractivity contribution is 7.98. The van der Waals surface area contributed by atoms with Crippen LogP contribution in [0.3, 0.4) is 0 Å². The van der Waals surface area contributed by atoms with E-state index in [0.29, 0.717) is 5.41 Å². The highest BCUT2D eigenvalue weighted by Gasteiger charge is 2.34. The van der Waals surface area contributed by atoms with Crippen LogP contribution in [0.1, 0.15) is 72.1 Å². The molecule has 2 heteroatoms. The van der Waals surface area contributed by atoms with Gasteiger partial charge in [-0.1, -0.05) is 40.0 Å². The van der Waals surface area contributed by atoms with E-state index >= 15 is 0 Å². The summed E-state index contributed by atoms with van der Waals surface area (Å²) in [5.74, 6) is 3.14. The third-order valence-electron chi connectivity index (χ3n) is 5.02. The van der Waals surface area contributed by atoms with E-state index < -0.39 is 0 Å². The molecule has 120 valence electrons.